The van der Waals surface area contributed by atoms with Crippen LogP contribution in [0.2, 0.25) is 5.02 Å². The summed E-state index contributed by atoms with van der Waals surface area (Å²) in [6.45, 7) is 4.31. The van der Waals surface area contributed by atoms with Crippen LogP contribution in [0.1, 0.15) is 63.5 Å². The van der Waals surface area contributed by atoms with Crippen molar-refractivity contribution < 1.29 is 4.79 Å². The normalized spacial score (nSPS) is 37.1. The lowest BCUT2D eigenvalue weighted by Gasteiger charge is -2.38. The Hall–Kier alpha value is -1.15. The maximum atomic E-state index is 13.4. The van der Waals surface area contributed by atoms with E-state index in [1.807, 2.05) is 6.07 Å². The lowest BCUT2D eigenvalue weighted by atomic mass is 9.66. The van der Waals surface area contributed by atoms with Crippen molar-refractivity contribution >= 4 is 23.1 Å². The van der Waals surface area contributed by atoms with Crippen molar-refractivity contribution in [3.63, 3.8) is 0 Å². The number of fused-ring (bicyclic) bond motifs is 1. The lowest BCUT2D eigenvalue weighted by Crippen LogP contribution is -2.38. The van der Waals surface area contributed by atoms with E-state index in [0.717, 1.165) is 59.7 Å². The Balaban J connectivity index is 1.46. The zero-order valence-corrected chi connectivity index (χ0v) is 15.9. The molecule has 4 bridgehead atoms. The average molecular weight is 356 g/mol. The number of nitrogens with zero attached hydrogens (tertiary/aromatic N) is 1. The molecule has 0 amide bonds. The van der Waals surface area contributed by atoms with Gasteiger partial charge in [0.15, 0.2) is 0 Å². The monoisotopic (exact) mass is 355 g/mol. The van der Waals surface area contributed by atoms with Crippen LogP contribution < -0.4 is 0 Å². The number of carbonyl (C=O) groups is 1. The van der Waals surface area contributed by atoms with Gasteiger partial charge >= 0.3 is 0 Å². The highest BCUT2D eigenvalue weighted by molar-refractivity contribution is 6.30. The fourth-order valence-electron chi connectivity index (χ4n) is 6.55. The molecule has 1 aromatic carbocycles. The Morgan fingerprint density at radius 1 is 1.20 bits per heavy atom. The third-order valence-corrected chi connectivity index (χ3v) is 7.52. The van der Waals surface area contributed by atoms with E-state index in [0.29, 0.717) is 12.2 Å². The van der Waals surface area contributed by atoms with Gasteiger partial charge in [-0.2, -0.15) is 0 Å². The standard InChI is InChI=1S/C22H26ClNO/c1-21(2)10-16-7-17(23)3-4-18(16)19(24-21)8-20(25)22-9-13-5-14(11-22)15(6-13)12-22/h3-4,7,13-15H,5-6,8-12H2,1-2H3. The van der Waals surface area contributed by atoms with Gasteiger partial charge in [-0.1, -0.05) is 17.7 Å². The van der Waals surface area contributed by atoms with Gasteiger partial charge in [0.2, 0.25) is 0 Å². The number of ketones is 1. The minimum Gasteiger partial charge on any atom is -0.299 e. The van der Waals surface area contributed by atoms with Gasteiger partial charge in [-0.25, -0.2) is 0 Å². The number of Topliss-reactive ketones (excluding diaryl/α,β-unsaturated/α-hetero) is 1. The Bertz CT molecular complexity index is 774. The zero-order valence-electron chi connectivity index (χ0n) is 15.1. The molecule has 1 aliphatic heterocycles. The molecular formula is C22H26ClNO. The van der Waals surface area contributed by atoms with Crippen LogP contribution in [0.3, 0.4) is 0 Å². The van der Waals surface area contributed by atoms with Gasteiger partial charge < -0.3 is 0 Å². The van der Waals surface area contributed by atoms with Gasteiger partial charge in [0.1, 0.15) is 5.78 Å². The average Bonchev–Trinajstić information content (AvgIpc) is 2.93. The summed E-state index contributed by atoms with van der Waals surface area (Å²) in [6, 6.07) is 6.04. The van der Waals surface area contributed by atoms with Crippen molar-refractivity contribution in [1.82, 2.24) is 0 Å². The molecule has 2 nitrogen and oxygen atoms in total. The van der Waals surface area contributed by atoms with Crippen LogP contribution in [-0.2, 0) is 11.2 Å². The third-order valence-electron chi connectivity index (χ3n) is 7.28. The third kappa shape index (κ3) is 2.51. The van der Waals surface area contributed by atoms with Crippen LogP contribution in [-0.4, -0.2) is 17.0 Å². The predicted molar refractivity (Wildman–Crippen MR) is 101 cm³/mol. The van der Waals surface area contributed by atoms with Gasteiger partial charge in [0, 0.05) is 16.9 Å². The Labute approximate surface area is 155 Å². The van der Waals surface area contributed by atoms with E-state index in [9.17, 15) is 4.79 Å². The van der Waals surface area contributed by atoms with Gasteiger partial charge in [-0.3, -0.25) is 9.79 Å². The van der Waals surface area contributed by atoms with Crippen molar-refractivity contribution in [1.29, 1.82) is 0 Å². The van der Waals surface area contributed by atoms with Crippen LogP contribution in [0.5, 0.6) is 0 Å². The molecule has 4 aliphatic carbocycles. The highest BCUT2D eigenvalue weighted by atomic mass is 35.5. The first kappa shape index (κ1) is 16.1. The van der Waals surface area contributed by atoms with Crippen LogP contribution in [0.4, 0.5) is 0 Å². The number of hydrogen-bond acceptors (Lipinski definition) is 2. The molecule has 6 rings (SSSR count). The number of rotatable bonds is 3. The summed E-state index contributed by atoms with van der Waals surface area (Å²) in [6.07, 6.45) is 7.60. The summed E-state index contributed by atoms with van der Waals surface area (Å²) in [5.74, 6) is 2.94. The highest BCUT2D eigenvalue weighted by Crippen LogP contribution is 2.64. The molecule has 2 atom stereocenters. The molecule has 5 aliphatic rings. The van der Waals surface area contributed by atoms with Crippen molar-refractivity contribution in [2.75, 3.05) is 0 Å². The summed E-state index contributed by atoms with van der Waals surface area (Å²) in [7, 11) is 0. The summed E-state index contributed by atoms with van der Waals surface area (Å²) < 4.78 is 0. The molecule has 0 radical (unpaired) electrons. The van der Waals surface area contributed by atoms with Gasteiger partial charge in [0.25, 0.3) is 0 Å². The number of benzene rings is 1. The minimum absolute atomic E-state index is 0.0206. The maximum Gasteiger partial charge on any atom is 0.145 e. The highest BCUT2D eigenvalue weighted by Gasteiger charge is 2.58. The fraction of sp³-hybridized carbons (Fsp3) is 0.636. The van der Waals surface area contributed by atoms with E-state index in [1.54, 1.807) is 0 Å². The molecule has 0 N–H and O–H groups in total. The molecule has 1 heterocycles. The second kappa shape index (κ2) is 5.19. The Kier molecular flexibility index (Phi) is 3.33. The van der Waals surface area contributed by atoms with Crippen molar-refractivity contribution in [3.8, 4) is 0 Å². The van der Waals surface area contributed by atoms with Gasteiger partial charge in [0.05, 0.1) is 11.3 Å². The largest absolute Gasteiger partial charge is 0.299 e. The molecular weight excluding hydrogens is 330 g/mol. The van der Waals surface area contributed by atoms with E-state index in [1.165, 1.54) is 18.4 Å². The second-order valence-electron chi connectivity index (χ2n) is 9.70. The predicted octanol–water partition coefficient (Wildman–Crippen LogP) is 5.25. The number of carbonyl (C=O) groups excluding carboxylic acids is 1. The fourth-order valence-corrected chi connectivity index (χ4v) is 6.74. The van der Waals surface area contributed by atoms with Crippen LogP contribution in [0, 0.1) is 23.2 Å². The Morgan fingerprint density at radius 2 is 1.92 bits per heavy atom. The van der Waals surface area contributed by atoms with Gasteiger partial charge in [-0.05, 0) is 93.4 Å². The molecule has 25 heavy (non-hydrogen) atoms. The van der Waals surface area contributed by atoms with Crippen LogP contribution in [0.15, 0.2) is 23.2 Å². The van der Waals surface area contributed by atoms with Crippen molar-refractivity contribution in [3.05, 3.63) is 34.3 Å². The smallest absolute Gasteiger partial charge is 0.145 e. The molecule has 132 valence electrons. The number of halogens is 1. The minimum atomic E-state index is -0.155. The molecule has 0 saturated heterocycles. The quantitative estimate of drug-likeness (QED) is 0.728. The topological polar surface area (TPSA) is 29.4 Å². The van der Waals surface area contributed by atoms with E-state index >= 15 is 0 Å². The lowest BCUT2D eigenvalue weighted by molar-refractivity contribution is -0.130. The maximum absolute atomic E-state index is 13.4. The summed E-state index contributed by atoms with van der Waals surface area (Å²) in [5, 5.41) is 0.770. The Morgan fingerprint density at radius 3 is 2.60 bits per heavy atom. The molecule has 4 saturated carbocycles. The van der Waals surface area contributed by atoms with E-state index in [4.69, 9.17) is 16.6 Å². The zero-order chi connectivity index (χ0) is 17.4. The second-order valence-corrected chi connectivity index (χ2v) is 10.1. The summed E-state index contributed by atoms with van der Waals surface area (Å²) in [4.78, 5) is 18.4. The SMILES string of the molecule is CC1(C)Cc2cc(Cl)ccc2C(CC(=O)C23CC4CC(C2)C(C4)C3)=N1. The van der Waals surface area contributed by atoms with Crippen molar-refractivity contribution in [2.45, 2.75) is 64.3 Å². The number of aliphatic imine (C=N–C) groups is 1. The van der Waals surface area contributed by atoms with Crippen LogP contribution in [0.25, 0.3) is 0 Å². The first-order chi connectivity index (χ1) is 11.8. The summed E-state index contributed by atoms with van der Waals surface area (Å²) in [5.41, 5.74) is 3.20. The molecule has 2 unspecified atom stereocenters. The van der Waals surface area contributed by atoms with E-state index in [2.05, 4.69) is 26.0 Å². The molecule has 0 spiro atoms. The van der Waals surface area contributed by atoms with Crippen molar-refractivity contribution in [2.24, 2.45) is 28.2 Å². The van der Waals surface area contributed by atoms with E-state index in [-0.39, 0.29) is 11.0 Å². The molecule has 0 aromatic heterocycles. The van der Waals surface area contributed by atoms with Crippen LogP contribution >= 0.6 is 11.6 Å². The summed E-state index contributed by atoms with van der Waals surface area (Å²) >= 11 is 6.21. The first-order valence-electron chi connectivity index (χ1n) is 9.74. The molecule has 3 heteroatoms. The molecule has 1 aromatic rings. The van der Waals surface area contributed by atoms with E-state index < -0.39 is 0 Å². The van der Waals surface area contributed by atoms with Gasteiger partial charge in [-0.15, -0.1) is 0 Å². The molecule has 4 fully saturated rings. The number of hydrogen-bond donors (Lipinski definition) is 0. The first-order valence-corrected chi connectivity index (χ1v) is 10.1.